The summed E-state index contributed by atoms with van der Waals surface area (Å²) < 4.78 is 1.74. The standard InChI is InChI=1S/C14H13ClN4OS/c1-9-18-19-8-12(17-14(19)21-9)7-16-13(20)6-10-2-4-11(15)5-3-10/h2-5,8H,6-7H2,1H3,(H,16,20). The zero-order chi connectivity index (χ0) is 14.8. The summed E-state index contributed by atoms with van der Waals surface area (Å²) in [5.41, 5.74) is 1.73. The number of aryl methyl sites for hydroxylation is 1. The van der Waals surface area contributed by atoms with Crippen LogP contribution in [0.25, 0.3) is 4.96 Å². The molecule has 3 aromatic rings. The second kappa shape index (κ2) is 5.83. The van der Waals surface area contributed by atoms with Gasteiger partial charge in [-0.3, -0.25) is 4.79 Å². The molecule has 0 aliphatic heterocycles. The Bertz CT molecular complexity index is 746. The lowest BCUT2D eigenvalue weighted by Gasteiger charge is -2.03. The number of imidazole rings is 1. The van der Waals surface area contributed by atoms with E-state index in [-0.39, 0.29) is 5.91 Å². The molecule has 3 rings (SSSR count). The number of nitrogens with zero attached hydrogens (tertiary/aromatic N) is 3. The van der Waals surface area contributed by atoms with Gasteiger partial charge in [0.1, 0.15) is 5.01 Å². The molecule has 21 heavy (non-hydrogen) atoms. The van der Waals surface area contributed by atoms with Crippen molar-refractivity contribution in [3.63, 3.8) is 0 Å². The largest absolute Gasteiger partial charge is 0.350 e. The maximum atomic E-state index is 11.9. The van der Waals surface area contributed by atoms with E-state index in [1.54, 1.807) is 16.6 Å². The van der Waals surface area contributed by atoms with E-state index < -0.39 is 0 Å². The van der Waals surface area contributed by atoms with Crippen molar-refractivity contribution in [2.24, 2.45) is 0 Å². The predicted octanol–water partition coefficient (Wildman–Crippen LogP) is 2.61. The molecule has 0 radical (unpaired) electrons. The first-order valence-electron chi connectivity index (χ1n) is 6.43. The van der Waals surface area contributed by atoms with Gasteiger partial charge in [-0.05, 0) is 24.6 Å². The number of hydrogen-bond donors (Lipinski definition) is 1. The molecule has 0 saturated carbocycles. The van der Waals surface area contributed by atoms with Crippen LogP contribution in [0.15, 0.2) is 30.5 Å². The van der Waals surface area contributed by atoms with E-state index in [4.69, 9.17) is 11.6 Å². The molecule has 0 atom stereocenters. The zero-order valence-electron chi connectivity index (χ0n) is 11.3. The molecular formula is C14H13ClN4OS. The van der Waals surface area contributed by atoms with E-state index >= 15 is 0 Å². The highest BCUT2D eigenvalue weighted by Gasteiger charge is 2.08. The number of benzene rings is 1. The SMILES string of the molecule is Cc1nn2cc(CNC(=O)Cc3ccc(Cl)cc3)nc2s1. The molecule has 0 bridgehead atoms. The van der Waals surface area contributed by atoms with Crippen molar-refractivity contribution in [3.05, 3.63) is 51.7 Å². The van der Waals surface area contributed by atoms with Gasteiger partial charge in [0, 0.05) is 5.02 Å². The molecule has 108 valence electrons. The van der Waals surface area contributed by atoms with Crippen molar-refractivity contribution < 1.29 is 4.79 Å². The van der Waals surface area contributed by atoms with Gasteiger partial charge in [-0.2, -0.15) is 5.10 Å². The molecule has 0 saturated heterocycles. The maximum Gasteiger partial charge on any atom is 0.224 e. The number of halogens is 1. The number of amides is 1. The predicted molar refractivity (Wildman–Crippen MR) is 82.6 cm³/mol. The Morgan fingerprint density at radius 3 is 2.86 bits per heavy atom. The summed E-state index contributed by atoms with van der Waals surface area (Å²) in [7, 11) is 0. The average Bonchev–Trinajstić information content (AvgIpc) is 2.96. The second-order valence-electron chi connectivity index (χ2n) is 4.66. The third-order valence-electron chi connectivity index (χ3n) is 2.94. The van der Waals surface area contributed by atoms with Crippen molar-refractivity contribution in [2.75, 3.05) is 0 Å². The number of carbonyl (C=O) groups is 1. The van der Waals surface area contributed by atoms with Crippen LogP contribution in [0, 0.1) is 6.92 Å². The van der Waals surface area contributed by atoms with E-state index in [1.807, 2.05) is 25.3 Å². The van der Waals surface area contributed by atoms with Crippen LogP contribution < -0.4 is 5.32 Å². The van der Waals surface area contributed by atoms with Crippen molar-refractivity contribution in [1.29, 1.82) is 0 Å². The zero-order valence-corrected chi connectivity index (χ0v) is 12.9. The van der Waals surface area contributed by atoms with Gasteiger partial charge in [-0.25, -0.2) is 9.50 Å². The van der Waals surface area contributed by atoms with Crippen LogP contribution in [0.4, 0.5) is 0 Å². The molecule has 5 nitrogen and oxygen atoms in total. The van der Waals surface area contributed by atoms with Crippen LogP contribution in [0.3, 0.4) is 0 Å². The van der Waals surface area contributed by atoms with Gasteiger partial charge < -0.3 is 5.32 Å². The van der Waals surface area contributed by atoms with Gasteiger partial charge in [-0.1, -0.05) is 35.1 Å². The summed E-state index contributed by atoms with van der Waals surface area (Å²) in [5, 5.41) is 8.78. The lowest BCUT2D eigenvalue weighted by molar-refractivity contribution is -0.120. The number of rotatable bonds is 4. The maximum absolute atomic E-state index is 11.9. The molecule has 1 aromatic carbocycles. The molecule has 0 unspecified atom stereocenters. The van der Waals surface area contributed by atoms with E-state index in [2.05, 4.69) is 15.4 Å². The van der Waals surface area contributed by atoms with Crippen molar-refractivity contribution in [1.82, 2.24) is 19.9 Å². The summed E-state index contributed by atoms with van der Waals surface area (Å²) in [5.74, 6) is -0.0437. The van der Waals surface area contributed by atoms with Gasteiger partial charge in [0.15, 0.2) is 0 Å². The minimum Gasteiger partial charge on any atom is -0.350 e. The summed E-state index contributed by atoms with van der Waals surface area (Å²) in [6, 6.07) is 7.26. The Morgan fingerprint density at radius 1 is 1.38 bits per heavy atom. The fraction of sp³-hybridized carbons (Fsp3) is 0.214. The summed E-state index contributed by atoms with van der Waals surface area (Å²) in [6.45, 7) is 2.34. The van der Waals surface area contributed by atoms with E-state index in [1.165, 1.54) is 11.3 Å². The van der Waals surface area contributed by atoms with Crippen molar-refractivity contribution >= 4 is 33.8 Å². The van der Waals surface area contributed by atoms with E-state index in [9.17, 15) is 4.79 Å². The van der Waals surface area contributed by atoms with Gasteiger partial charge in [0.25, 0.3) is 0 Å². The summed E-state index contributed by atoms with van der Waals surface area (Å²) >= 11 is 7.34. The lowest BCUT2D eigenvalue weighted by atomic mass is 10.1. The third kappa shape index (κ3) is 3.40. The summed E-state index contributed by atoms with van der Waals surface area (Å²) in [4.78, 5) is 17.1. The number of fused-ring (bicyclic) bond motifs is 1. The normalized spacial score (nSPS) is 11.0. The van der Waals surface area contributed by atoms with E-state index in [0.29, 0.717) is 18.0 Å². The third-order valence-corrected chi connectivity index (χ3v) is 4.03. The topological polar surface area (TPSA) is 59.3 Å². The fourth-order valence-electron chi connectivity index (χ4n) is 1.97. The first-order valence-corrected chi connectivity index (χ1v) is 7.62. The second-order valence-corrected chi connectivity index (χ2v) is 6.26. The Labute approximate surface area is 130 Å². The van der Waals surface area contributed by atoms with Crippen molar-refractivity contribution in [2.45, 2.75) is 19.9 Å². The molecule has 7 heteroatoms. The Morgan fingerprint density at radius 2 is 2.14 bits per heavy atom. The van der Waals surface area contributed by atoms with Crippen LogP contribution in [0.1, 0.15) is 16.3 Å². The van der Waals surface area contributed by atoms with Gasteiger partial charge in [-0.15, -0.1) is 0 Å². The number of nitrogens with one attached hydrogen (secondary N) is 1. The Kier molecular flexibility index (Phi) is 3.90. The molecular weight excluding hydrogens is 308 g/mol. The monoisotopic (exact) mass is 320 g/mol. The quantitative estimate of drug-likeness (QED) is 0.804. The molecule has 2 heterocycles. The molecule has 0 spiro atoms. The highest BCUT2D eigenvalue weighted by Crippen LogP contribution is 2.13. The molecule has 2 aromatic heterocycles. The van der Waals surface area contributed by atoms with Crippen LogP contribution >= 0.6 is 22.9 Å². The van der Waals surface area contributed by atoms with Gasteiger partial charge in [0.2, 0.25) is 10.9 Å². The van der Waals surface area contributed by atoms with Crippen molar-refractivity contribution in [3.8, 4) is 0 Å². The Balaban J connectivity index is 1.57. The van der Waals surface area contributed by atoms with Gasteiger partial charge in [0.05, 0.1) is 24.9 Å². The molecule has 1 N–H and O–H groups in total. The van der Waals surface area contributed by atoms with Gasteiger partial charge >= 0.3 is 0 Å². The highest BCUT2D eigenvalue weighted by molar-refractivity contribution is 7.16. The minimum absolute atomic E-state index is 0.0437. The van der Waals surface area contributed by atoms with Crippen LogP contribution in [0.5, 0.6) is 0 Å². The van der Waals surface area contributed by atoms with E-state index in [0.717, 1.165) is 21.2 Å². The Hall–Kier alpha value is -1.92. The van der Waals surface area contributed by atoms with Crippen LogP contribution in [-0.4, -0.2) is 20.5 Å². The minimum atomic E-state index is -0.0437. The molecule has 1 amide bonds. The highest BCUT2D eigenvalue weighted by atomic mass is 35.5. The van der Waals surface area contributed by atoms with Crippen LogP contribution in [-0.2, 0) is 17.8 Å². The average molecular weight is 321 g/mol. The number of hydrogen-bond acceptors (Lipinski definition) is 4. The molecule has 0 aliphatic rings. The molecule has 0 fully saturated rings. The fourth-order valence-corrected chi connectivity index (χ4v) is 2.84. The number of carbonyl (C=O) groups excluding carboxylic acids is 1. The first-order chi connectivity index (χ1) is 10.1. The summed E-state index contributed by atoms with van der Waals surface area (Å²) in [6.07, 6.45) is 2.16. The smallest absolute Gasteiger partial charge is 0.224 e. The molecule has 0 aliphatic carbocycles. The van der Waals surface area contributed by atoms with Crippen LogP contribution in [0.2, 0.25) is 5.02 Å². The first kappa shape index (κ1) is 14.0. The lowest BCUT2D eigenvalue weighted by Crippen LogP contribution is -2.24. The number of aromatic nitrogens is 3.